The van der Waals surface area contributed by atoms with Crippen LogP contribution in [0.2, 0.25) is 0 Å². The van der Waals surface area contributed by atoms with E-state index in [1.54, 1.807) is 31.0 Å². The number of pyridine rings is 1. The molecule has 0 unspecified atom stereocenters. The highest BCUT2D eigenvalue weighted by Crippen LogP contribution is 2.34. The summed E-state index contributed by atoms with van der Waals surface area (Å²) in [5.41, 5.74) is 0.660. The first-order valence-corrected chi connectivity index (χ1v) is 8.30. The Labute approximate surface area is 156 Å². The molecule has 0 bridgehead atoms. The van der Waals surface area contributed by atoms with E-state index in [0.29, 0.717) is 35.0 Å². The van der Waals surface area contributed by atoms with Gasteiger partial charge in [0.15, 0.2) is 0 Å². The number of esters is 1. The largest absolute Gasteiger partial charge is 0.460 e. The fourth-order valence-electron chi connectivity index (χ4n) is 1.65. The lowest BCUT2D eigenvalue weighted by Gasteiger charge is -2.17. The van der Waals surface area contributed by atoms with Gasteiger partial charge in [-0.3, -0.25) is 0 Å². The van der Waals surface area contributed by atoms with E-state index >= 15 is 0 Å². The molecular formula is C15H15F3N6O2S. The van der Waals surface area contributed by atoms with Crippen LogP contribution < -0.4 is 4.90 Å². The summed E-state index contributed by atoms with van der Waals surface area (Å²) < 4.78 is 42.3. The second-order valence-electron chi connectivity index (χ2n) is 5.30. The predicted molar refractivity (Wildman–Crippen MR) is 92.4 cm³/mol. The number of nitrogens with zero attached hydrogens (tertiary/aromatic N) is 6. The number of anilines is 1. The number of ether oxygens (including phenoxy) is 1. The van der Waals surface area contributed by atoms with Crippen molar-refractivity contribution in [1.82, 2.24) is 15.2 Å². The Bertz CT molecular complexity index is 835. The number of alkyl halides is 3. The standard InChI is InChI=1S/C15H15F3N6O2S/c1-9(2)12(25)26-7-6-24(3)11-5-4-10(8-19-11)20-22-14-23-21-13(27-14)15(16,17)18/h4-5,8H,1,6-7H2,2-3H3. The Kier molecular flexibility index (Phi) is 6.55. The number of rotatable bonds is 7. The molecule has 0 atom stereocenters. The smallest absolute Gasteiger partial charge is 0.445 e. The molecule has 2 aromatic heterocycles. The molecule has 144 valence electrons. The third-order valence-electron chi connectivity index (χ3n) is 3.04. The maximum absolute atomic E-state index is 12.4. The van der Waals surface area contributed by atoms with E-state index in [1.807, 2.05) is 0 Å². The van der Waals surface area contributed by atoms with Crippen LogP contribution in [0.3, 0.4) is 0 Å². The molecule has 0 aliphatic heterocycles. The van der Waals surface area contributed by atoms with Gasteiger partial charge in [-0.2, -0.15) is 13.2 Å². The SMILES string of the molecule is C=C(C)C(=O)OCCN(C)c1ccc(N=Nc2nnc(C(F)(F)F)s2)cn1. The van der Waals surface area contributed by atoms with E-state index in [0.717, 1.165) is 0 Å². The van der Waals surface area contributed by atoms with Crippen LogP contribution in [0.5, 0.6) is 0 Å². The van der Waals surface area contributed by atoms with E-state index in [4.69, 9.17) is 4.74 Å². The van der Waals surface area contributed by atoms with Crippen LogP contribution in [0.25, 0.3) is 0 Å². The van der Waals surface area contributed by atoms with Crippen LogP contribution in [0.4, 0.5) is 29.8 Å². The lowest BCUT2D eigenvalue weighted by molar-refractivity contribution is -0.139. The van der Waals surface area contributed by atoms with E-state index in [1.165, 1.54) is 6.20 Å². The molecule has 0 aromatic carbocycles. The summed E-state index contributed by atoms with van der Waals surface area (Å²) >= 11 is 0.297. The average molecular weight is 400 g/mol. The van der Waals surface area contributed by atoms with Crippen LogP contribution in [0, 0.1) is 0 Å². The van der Waals surface area contributed by atoms with Crippen molar-refractivity contribution >= 4 is 33.9 Å². The van der Waals surface area contributed by atoms with Crippen molar-refractivity contribution in [2.24, 2.45) is 10.2 Å². The number of azo groups is 1. The van der Waals surface area contributed by atoms with Crippen molar-refractivity contribution in [2.45, 2.75) is 13.1 Å². The van der Waals surface area contributed by atoms with Gasteiger partial charge in [-0.15, -0.1) is 20.4 Å². The lowest BCUT2D eigenvalue weighted by Crippen LogP contribution is -2.24. The van der Waals surface area contributed by atoms with Gasteiger partial charge in [-0.05, 0) is 19.1 Å². The average Bonchev–Trinajstić information content (AvgIpc) is 3.09. The molecule has 0 N–H and O–H groups in total. The zero-order valence-electron chi connectivity index (χ0n) is 14.4. The molecule has 27 heavy (non-hydrogen) atoms. The zero-order chi connectivity index (χ0) is 20.0. The Morgan fingerprint density at radius 2 is 2.07 bits per heavy atom. The minimum Gasteiger partial charge on any atom is -0.460 e. The van der Waals surface area contributed by atoms with Crippen molar-refractivity contribution < 1.29 is 22.7 Å². The molecule has 0 aliphatic carbocycles. The number of carbonyl (C=O) groups is 1. The summed E-state index contributed by atoms with van der Waals surface area (Å²) in [4.78, 5) is 17.2. The van der Waals surface area contributed by atoms with Crippen LogP contribution in [-0.2, 0) is 15.7 Å². The van der Waals surface area contributed by atoms with E-state index in [-0.39, 0.29) is 11.7 Å². The molecule has 2 rings (SSSR count). The topological polar surface area (TPSA) is 92.9 Å². The van der Waals surface area contributed by atoms with Crippen molar-refractivity contribution in [1.29, 1.82) is 0 Å². The molecule has 12 heteroatoms. The molecule has 0 saturated carbocycles. The van der Waals surface area contributed by atoms with Crippen molar-refractivity contribution in [3.63, 3.8) is 0 Å². The predicted octanol–water partition coefficient (Wildman–Crippen LogP) is 3.92. The second-order valence-corrected chi connectivity index (χ2v) is 6.26. The van der Waals surface area contributed by atoms with Gasteiger partial charge in [0.25, 0.3) is 5.13 Å². The molecule has 8 nitrogen and oxygen atoms in total. The summed E-state index contributed by atoms with van der Waals surface area (Å²) in [6.07, 6.45) is -3.15. The van der Waals surface area contributed by atoms with Crippen LogP contribution in [0.15, 0.2) is 40.7 Å². The van der Waals surface area contributed by atoms with Crippen LogP contribution in [-0.4, -0.2) is 41.3 Å². The lowest BCUT2D eigenvalue weighted by atomic mass is 10.4. The van der Waals surface area contributed by atoms with Crippen LogP contribution in [0.1, 0.15) is 11.9 Å². The van der Waals surface area contributed by atoms with Crippen molar-refractivity contribution in [2.75, 3.05) is 25.1 Å². The zero-order valence-corrected chi connectivity index (χ0v) is 15.2. The summed E-state index contributed by atoms with van der Waals surface area (Å²) in [5.74, 6) is 0.132. The maximum Gasteiger partial charge on any atom is 0.445 e. The summed E-state index contributed by atoms with van der Waals surface area (Å²) in [6, 6.07) is 3.24. The third kappa shape index (κ3) is 6.09. The Balaban J connectivity index is 1.91. The monoisotopic (exact) mass is 400 g/mol. The molecule has 0 fully saturated rings. The van der Waals surface area contributed by atoms with E-state index in [9.17, 15) is 18.0 Å². The number of halogens is 3. The number of hydrogen-bond acceptors (Lipinski definition) is 9. The Morgan fingerprint density at radius 3 is 2.63 bits per heavy atom. The Morgan fingerprint density at radius 1 is 1.33 bits per heavy atom. The molecule has 0 saturated heterocycles. The van der Waals surface area contributed by atoms with Gasteiger partial charge in [0.2, 0.25) is 5.01 Å². The van der Waals surface area contributed by atoms with Gasteiger partial charge < -0.3 is 9.64 Å². The highest BCUT2D eigenvalue weighted by molar-refractivity contribution is 7.15. The minimum atomic E-state index is -4.56. The van der Waals surface area contributed by atoms with Crippen LogP contribution >= 0.6 is 11.3 Å². The molecule has 0 aliphatic rings. The fraction of sp³-hybridized carbons (Fsp3) is 0.333. The third-order valence-corrected chi connectivity index (χ3v) is 3.89. The first-order valence-electron chi connectivity index (χ1n) is 7.49. The molecule has 2 aromatic rings. The highest BCUT2D eigenvalue weighted by Gasteiger charge is 2.35. The molecule has 0 amide bonds. The molecular weight excluding hydrogens is 385 g/mol. The first kappa shape index (κ1) is 20.4. The molecule has 0 spiro atoms. The van der Waals surface area contributed by atoms with E-state index < -0.39 is 17.2 Å². The number of hydrogen-bond donors (Lipinski definition) is 0. The van der Waals surface area contributed by atoms with Crippen molar-refractivity contribution in [3.8, 4) is 0 Å². The first-order chi connectivity index (χ1) is 12.7. The number of aromatic nitrogens is 3. The maximum atomic E-state index is 12.4. The van der Waals surface area contributed by atoms with Gasteiger partial charge in [0, 0.05) is 12.6 Å². The van der Waals surface area contributed by atoms with Gasteiger partial charge in [0.05, 0.1) is 12.7 Å². The van der Waals surface area contributed by atoms with E-state index in [2.05, 4.69) is 32.0 Å². The fourth-order valence-corrected chi connectivity index (χ4v) is 2.18. The quantitative estimate of drug-likeness (QED) is 0.397. The number of carbonyl (C=O) groups excluding carboxylic acids is 1. The van der Waals surface area contributed by atoms with Crippen molar-refractivity contribution in [3.05, 3.63) is 35.5 Å². The van der Waals surface area contributed by atoms with Gasteiger partial charge in [-0.1, -0.05) is 17.9 Å². The van der Waals surface area contributed by atoms with Gasteiger partial charge >= 0.3 is 12.1 Å². The number of likely N-dealkylation sites (N-methyl/N-ethyl adjacent to an activating group) is 1. The molecule has 2 heterocycles. The Hall–Kier alpha value is -2.89. The van der Waals surface area contributed by atoms with Gasteiger partial charge in [-0.25, -0.2) is 9.78 Å². The summed E-state index contributed by atoms with van der Waals surface area (Å²) in [5, 5.41) is 12.4. The second kappa shape index (κ2) is 8.66. The molecule has 0 radical (unpaired) electrons. The normalized spacial score (nSPS) is 11.6. The summed E-state index contributed by atoms with van der Waals surface area (Å²) in [6.45, 7) is 5.64. The summed E-state index contributed by atoms with van der Waals surface area (Å²) in [7, 11) is 1.76. The highest BCUT2D eigenvalue weighted by atomic mass is 32.1. The van der Waals surface area contributed by atoms with Gasteiger partial charge in [0.1, 0.15) is 18.1 Å². The minimum absolute atomic E-state index is 0.171.